The molecule has 2 aliphatic carbocycles. The second kappa shape index (κ2) is 5.10. The fourth-order valence-electron chi connectivity index (χ4n) is 4.71. The van der Waals surface area contributed by atoms with E-state index in [0.29, 0.717) is 47.7 Å². The van der Waals surface area contributed by atoms with E-state index in [-0.39, 0.29) is 16.6 Å². The van der Waals surface area contributed by atoms with Crippen LogP contribution in [0.15, 0.2) is 54.9 Å². The number of aromatic hydroxyl groups is 1. The molecule has 134 valence electrons. The monoisotopic (exact) mass is 492 g/mol. The zero-order chi connectivity index (χ0) is 19.5. The molecule has 0 aliphatic heterocycles. The standard InChI is InChI=1S/C23H10Br2O3/c1-8-2-11-17-12(3-8)22(27)14-5-10(25)7-16-19(14)20(17)18-13(21(11)26)4-9(24)6-15(18)23(16)28/h2-7,26H,1H3. The molecule has 0 saturated heterocycles. The quantitative estimate of drug-likeness (QED) is 0.209. The number of phenols is 1. The minimum Gasteiger partial charge on any atom is -0.507 e. The zero-order valence-electron chi connectivity index (χ0n) is 14.5. The molecule has 2 aliphatic rings. The zero-order valence-corrected chi connectivity index (χ0v) is 17.7. The number of hydrogen-bond acceptors (Lipinski definition) is 3. The maximum atomic E-state index is 13.4. The Morgan fingerprint density at radius 2 is 1.07 bits per heavy atom. The topological polar surface area (TPSA) is 54.4 Å². The third-order valence-corrected chi connectivity index (χ3v) is 6.64. The molecule has 0 bridgehead atoms. The van der Waals surface area contributed by atoms with E-state index in [4.69, 9.17) is 0 Å². The average molecular weight is 494 g/mol. The molecule has 4 aromatic carbocycles. The van der Waals surface area contributed by atoms with Crippen LogP contribution in [0.2, 0.25) is 0 Å². The summed E-state index contributed by atoms with van der Waals surface area (Å²) in [7, 11) is 0. The first kappa shape index (κ1) is 16.5. The lowest BCUT2D eigenvalue weighted by atomic mass is 9.80. The molecule has 0 amide bonds. The lowest BCUT2D eigenvalue weighted by Crippen LogP contribution is -2.13. The van der Waals surface area contributed by atoms with Gasteiger partial charge in [-0.3, -0.25) is 9.59 Å². The van der Waals surface area contributed by atoms with Gasteiger partial charge >= 0.3 is 0 Å². The highest BCUT2D eigenvalue weighted by Gasteiger charge is 2.28. The van der Waals surface area contributed by atoms with E-state index in [0.717, 1.165) is 21.0 Å². The van der Waals surface area contributed by atoms with E-state index >= 15 is 0 Å². The minimum absolute atomic E-state index is 0.103. The van der Waals surface area contributed by atoms with Crippen molar-refractivity contribution in [3.63, 3.8) is 0 Å². The van der Waals surface area contributed by atoms with E-state index in [1.54, 1.807) is 18.2 Å². The van der Waals surface area contributed by atoms with Crippen molar-refractivity contribution >= 4 is 74.9 Å². The van der Waals surface area contributed by atoms with E-state index in [9.17, 15) is 14.7 Å². The van der Waals surface area contributed by atoms with Crippen LogP contribution in [-0.2, 0) is 0 Å². The van der Waals surface area contributed by atoms with Gasteiger partial charge in [-0.05, 0) is 48.9 Å². The summed E-state index contributed by atoms with van der Waals surface area (Å²) >= 11 is 6.93. The van der Waals surface area contributed by atoms with Gasteiger partial charge in [-0.25, -0.2) is 0 Å². The summed E-state index contributed by atoms with van der Waals surface area (Å²) in [6.45, 7) is 1.91. The first-order valence-corrected chi connectivity index (χ1v) is 10.3. The Kier molecular flexibility index (Phi) is 3.00. The highest BCUT2D eigenvalue weighted by Crippen LogP contribution is 2.50. The number of hydrogen-bond donors (Lipinski definition) is 1. The van der Waals surface area contributed by atoms with Crippen LogP contribution in [0.1, 0.15) is 5.56 Å². The van der Waals surface area contributed by atoms with Crippen molar-refractivity contribution in [2.75, 3.05) is 0 Å². The molecule has 28 heavy (non-hydrogen) atoms. The Hall–Kier alpha value is -2.50. The Morgan fingerprint density at radius 1 is 0.643 bits per heavy atom. The normalized spacial score (nSPS) is 12.5. The van der Waals surface area contributed by atoms with Gasteiger partial charge in [0.15, 0.2) is 10.9 Å². The summed E-state index contributed by atoms with van der Waals surface area (Å²) in [5.74, 6) is 0.103. The van der Waals surface area contributed by atoms with Crippen LogP contribution in [0.5, 0.6) is 5.75 Å². The summed E-state index contributed by atoms with van der Waals surface area (Å²) in [4.78, 5) is 26.7. The largest absolute Gasteiger partial charge is 0.507 e. The van der Waals surface area contributed by atoms with Gasteiger partial charge in [-0.2, -0.15) is 0 Å². The van der Waals surface area contributed by atoms with Crippen LogP contribution in [0.25, 0.3) is 54.2 Å². The Labute approximate surface area is 174 Å². The van der Waals surface area contributed by atoms with Crippen molar-refractivity contribution < 1.29 is 5.11 Å². The predicted octanol–water partition coefficient (Wildman–Crippen LogP) is 5.98. The fourth-order valence-corrected chi connectivity index (χ4v) is 5.62. The number of aryl methyl sites for hydroxylation is 1. The van der Waals surface area contributed by atoms with Crippen molar-refractivity contribution in [1.29, 1.82) is 0 Å². The molecule has 1 N–H and O–H groups in total. The van der Waals surface area contributed by atoms with Crippen LogP contribution >= 0.6 is 31.9 Å². The molecule has 0 radical (unpaired) electrons. The SMILES string of the molecule is Cc1cc2c(O)c3cc(Br)cc4c(=O)c5cc(Br)cc6c5-c(c2c(c1)c6=O)c34. The maximum absolute atomic E-state index is 13.4. The van der Waals surface area contributed by atoms with Gasteiger partial charge in [0.2, 0.25) is 0 Å². The summed E-state index contributed by atoms with van der Waals surface area (Å²) in [5, 5.41) is 15.9. The van der Waals surface area contributed by atoms with Crippen LogP contribution in [-0.4, -0.2) is 5.11 Å². The average Bonchev–Trinajstić information content (AvgIpc) is 2.65. The molecule has 0 saturated carbocycles. The lowest BCUT2D eigenvalue weighted by Gasteiger charge is -2.22. The van der Waals surface area contributed by atoms with E-state index < -0.39 is 0 Å². The van der Waals surface area contributed by atoms with Crippen LogP contribution in [0.4, 0.5) is 0 Å². The molecule has 0 unspecified atom stereocenters. The molecule has 0 aromatic heterocycles. The van der Waals surface area contributed by atoms with Crippen molar-refractivity contribution in [3.8, 4) is 16.9 Å². The van der Waals surface area contributed by atoms with Crippen LogP contribution < -0.4 is 10.9 Å². The summed E-state index contributed by atoms with van der Waals surface area (Å²) in [5.41, 5.74) is 2.19. The minimum atomic E-state index is -0.140. The summed E-state index contributed by atoms with van der Waals surface area (Å²) in [6.07, 6.45) is 0. The number of rotatable bonds is 0. The highest BCUT2D eigenvalue weighted by molar-refractivity contribution is 9.10. The summed E-state index contributed by atoms with van der Waals surface area (Å²) in [6, 6.07) is 11.0. The third-order valence-electron chi connectivity index (χ3n) is 5.73. The van der Waals surface area contributed by atoms with Crippen molar-refractivity contribution in [2.24, 2.45) is 0 Å². The smallest absolute Gasteiger partial charge is 0.194 e. The lowest BCUT2D eigenvalue weighted by molar-refractivity contribution is 0.488. The molecule has 6 rings (SSSR count). The van der Waals surface area contributed by atoms with E-state index in [2.05, 4.69) is 31.9 Å². The van der Waals surface area contributed by atoms with Gasteiger partial charge in [-0.1, -0.05) is 31.9 Å². The fraction of sp³-hybridized carbons (Fsp3) is 0.0435. The molecule has 5 heteroatoms. The molecule has 0 fully saturated rings. The Morgan fingerprint density at radius 3 is 1.68 bits per heavy atom. The van der Waals surface area contributed by atoms with Gasteiger partial charge in [0.05, 0.1) is 0 Å². The van der Waals surface area contributed by atoms with Crippen LogP contribution in [0.3, 0.4) is 0 Å². The van der Waals surface area contributed by atoms with Gasteiger partial charge < -0.3 is 5.11 Å². The van der Waals surface area contributed by atoms with Crippen molar-refractivity contribution in [3.05, 3.63) is 71.4 Å². The van der Waals surface area contributed by atoms with E-state index in [1.165, 1.54) is 0 Å². The second-order valence-corrected chi connectivity index (χ2v) is 9.20. The molecule has 3 nitrogen and oxygen atoms in total. The van der Waals surface area contributed by atoms with Crippen molar-refractivity contribution in [2.45, 2.75) is 6.92 Å². The molecular weight excluding hydrogens is 484 g/mol. The first-order valence-electron chi connectivity index (χ1n) is 8.72. The number of halogens is 2. The number of benzene rings is 6. The highest BCUT2D eigenvalue weighted by atomic mass is 79.9. The molecule has 0 spiro atoms. The Bertz CT molecular complexity index is 1570. The predicted molar refractivity (Wildman–Crippen MR) is 121 cm³/mol. The second-order valence-electron chi connectivity index (χ2n) is 7.37. The first-order chi connectivity index (χ1) is 13.4. The molecule has 0 heterocycles. The Balaban J connectivity index is 2.19. The molecular formula is C23H10Br2O3. The molecule has 0 atom stereocenters. The van der Waals surface area contributed by atoms with E-state index in [1.807, 2.05) is 25.1 Å². The van der Waals surface area contributed by atoms with Gasteiger partial charge in [0.25, 0.3) is 0 Å². The molecule has 4 aromatic rings. The van der Waals surface area contributed by atoms with Gasteiger partial charge in [0, 0.05) is 63.2 Å². The third kappa shape index (κ3) is 1.79. The number of phenolic OH excluding ortho intramolecular Hbond substituents is 1. The van der Waals surface area contributed by atoms with Crippen molar-refractivity contribution in [1.82, 2.24) is 0 Å². The van der Waals surface area contributed by atoms with Gasteiger partial charge in [0.1, 0.15) is 5.75 Å². The summed E-state index contributed by atoms with van der Waals surface area (Å²) < 4.78 is 1.42. The maximum Gasteiger partial charge on any atom is 0.194 e. The van der Waals surface area contributed by atoms with Gasteiger partial charge in [-0.15, -0.1) is 0 Å². The van der Waals surface area contributed by atoms with Crippen LogP contribution in [0, 0.1) is 6.92 Å².